The van der Waals surface area contributed by atoms with E-state index in [0.717, 1.165) is 16.8 Å². The average Bonchev–Trinajstić information content (AvgIpc) is 2.86. The van der Waals surface area contributed by atoms with Gasteiger partial charge in [0, 0.05) is 0 Å². The molecule has 6 nitrogen and oxygen atoms in total. The summed E-state index contributed by atoms with van der Waals surface area (Å²) in [5.74, 6) is 5.54. The number of anilines is 1. The molecular weight excluding hydrogens is 264 g/mol. The number of hydrazone groups is 2. The summed E-state index contributed by atoms with van der Waals surface area (Å²) in [5.41, 5.74) is 12.5. The lowest BCUT2D eigenvalue weighted by molar-refractivity contribution is 0.280. The molecule has 0 saturated heterocycles. The van der Waals surface area contributed by atoms with Crippen molar-refractivity contribution in [3.8, 4) is 11.1 Å². The van der Waals surface area contributed by atoms with Gasteiger partial charge in [0.2, 0.25) is 0 Å². The SMILES string of the molecule is NC1C(=NNc2cccc(-c3ccccc3)c2)C=NN1N. The van der Waals surface area contributed by atoms with Crippen molar-refractivity contribution in [3.05, 3.63) is 54.6 Å². The summed E-state index contributed by atoms with van der Waals surface area (Å²) in [6.45, 7) is 0. The topological polar surface area (TPSA) is 92.0 Å². The van der Waals surface area contributed by atoms with E-state index in [1.54, 1.807) is 6.21 Å². The number of nitrogens with one attached hydrogen (secondary N) is 1. The molecule has 1 atom stereocenters. The van der Waals surface area contributed by atoms with Crippen LogP contribution in [0.5, 0.6) is 0 Å². The first-order valence-corrected chi connectivity index (χ1v) is 6.56. The van der Waals surface area contributed by atoms with E-state index in [1.165, 1.54) is 5.12 Å². The van der Waals surface area contributed by atoms with Gasteiger partial charge >= 0.3 is 0 Å². The van der Waals surface area contributed by atoms with Crippen molar-refractivity contribution < 1.29 is 0 Å². The molecule has 3 rings (SSSR count). The molecule has 0 saturated carbocycles. The minimum Gasteiger partial charge on any atom is -0.303 e. The highest BCUT2D eigenvalue weighted by Crippen LogP contribution is 2.22. The molecule has 1 heterocycles. The summed E-state index contributed by atoms with van der Waals surface area (Å²) >= 11 is 0. The molecule has 2 aromatic rings. The Morgan fingerprint density at radius 1 is 1.05 bits per heavy atom. The first-order chi connectivity index (χ1) is 10.2. The average molecular weight is 280 g/mol. The van der Waals surface area contributed by atoms with Crippen molar-refractivity contribution in [3.63, 3.8) is 0 Å². The Hall–Kier alpha value is -2.70. The summed E-state index contributed by atoms with van der Waals surface area (Å²) in [7, 11) is 0. The Kier molecular flexibility index (Phi) is 3.63. The van der Waals surface area contributed by atoms with Crippen LogP contribution in [0.15, 0.2) is 64.8 Å². The van der Waals surface area contributed by atoms with Crippen LogP contribution in [0.4, 0.5) is 5.69 Å². The number of hydrogen-bond acceptors (Lipinski definition) is 6. The maximum absolute atomic E-state index is 5.81. The van der Waals surface area contributed by atoms with E-state index in [4.69, 9.17) is 11.6 Å². The highest BCUT2D eigenvalue weighted by Gasteiger charge is 2.20. The van der Waals surface area contributed by atoms with E-state index >= 15 is 0 Å². The Morgan fingerprint density at radius 2 is 1.81 bits per heavy atom. The van der Waals surface area contributed by atoms with E-state index in [2.05, 4.69) is 33.8 Å². The number of benzene rings is 2. The summed E-state index contributed by atoms with van der Waals surface area (Å²) in [5, 5.41) is 9.26. The lowest BCUT2D eigenvalue weighted by atomic mass is 10.1. The summed E-state index contributed by atoms with van der Waals surface area (Å²) in [6, 6.07) is 18.1. The molecule has 0 bridgehead atoms. The van der Waals surface area contributed by atoms with Crippen molar-refractivity contribution in [1.29, 1.82) is 0 Å². The Bertz CT molecular complexity index is 680. The third kappa shape index (κ3) is 2.91. The van der Waals surface area contributed by atoms with Gasteiger partial charge in [-0.05, 0) is 23.3 Å². The van der Waals surface area contributed by atoms with Crippen LogP contribution in [0, 0.1) is 0 Å². The quantitative estimate of drug-likeness (QED) is 0.588. The predicted octanol–water partition coefficient (Wildman–Crippen LogP) is 1.58. The molecule has 0 fully saturated rings. The van der Waals surface area contributed by atoms with Gasteiger partial charge in [0.25, 0.3) is 0 Å². The van der Waals surface area contributed by atoms with Crippen LogP contribution >= 0.6 is 0 Å². The zero-order valence-electron chi connectivity index (χ0n) is 11.3. The molecule has 106 valence electrons. The largest absolute Gasteiger partial charge is 0.303 e. The minimum absolute atomic E-state index is 0.519. The number of nitrogens with two attached hydrogens (primary N) is 2. The fraction of sp³-hybridized carbons (Fsp3) is 0.0667. The summed E-state index contributed by atoms with van der Waals surface area (Å²) in [4.78, 5) is 0. The Balaban J connectivity index is 1.79. The van der Waals surface area contributed by atoms with Crippen LogP contribution < -0.4 is 17.0 Å². The van der Waals surface area contributed by atoms with E-state index in [1.807, 2.05) is 36.4 Å². The molecule has 1 aliphatic rings. The first kappa shape index (κ1) is 13.3. The molecule has 1 unspecified atom stereocenters. The van der Waals surface area contributed by atoms with Crippen LogP contribution in [-0.4, -0.2) is 23.2 Å². The second-order valence-corrected chi connectivity index (χ2v) is 4.66. The molecule has 0 spiro atoms. The van der Waals surface area contributed by atoms with Gasteiger partial charge < -0.3 is 5.73 Å². The van der Waals surface area contributed by atoms with E-state index in [-0.39, 0.29) is 0 Å². The van der Waals surface area contributed by atoms with E-state index < -0.39 is 6.17 Å². The molecular formula is C15H16N6. The Labute approximate surface area is 122 Å². The maximum atomic E-state index is 5.81. The van der Waals surface area contributed by atoms with Crippen LogP contribution in [0.25, 0.3) is 11.1 Å². The van der Waals surface area contributed by atoms with Crippen LogP contribution in [-0.2, 0) is 0 Å². The number of hydrogen-bond donors (Lipinski definition) is 3. The monoisotopic (exact) mass is 280 g/mol. The maximum Gasteiger partial charge on any atom is 0.157 e. The third-order valence-electron chi connectivity index (χ3n) is 3.20. The van der Waals surface area contributed by atoms with Gasteiger partial charge in [-0.2, -0.15) is 10.2 Å². The Morgan fingerprint density at radius 3 is 2.52 bits per heavy atom. The normalized spacial score (nSPS) is 19.2. The van der Waals surface area contributed by atoms with Crippen molar-refractivity contribution in [2.24, 2.45) is 21.8 Å². The minimum atomic E-state index is -0.519. The molecule has 1 aliphatic heterocycles. The summed E-state index contributed by atoms with van der Waals surface area (Å²) < 4.78 is 0. The van der Waals surface area contributed by atoms with Gasteiger partial charge in [-0.3, -0.25) is 5.43 Å². The van der Waals surface area contributed by atoms with Gasteiger partial charge in [-0.15, -0.1) is 0 Å². The highest BCUT2D eigenvalue weighted by molar-refractivity contribution is 6.34. The van der Waals surface area contributed by atoms with Crippen LogP contribution in [0.1, 0.15) is 0 Å². The van der Waals surface area contributed by atoms with Crippen LogP contribution in [0.3, 0.4) is 0 Å². The van der Waals surface area contributed by atoms with Crippen molar-refractivity contribution in [2.75, 3.05) is 5.43 Å². The lowest BCUT2D eigenvalue weighted by Gasteiger charge is -2.12. The highest BCUT2D eigenvalue weighted by atomic mass is 15.7. The van der Waals surface area contributed by atoms with E-state index in [9.17, 15) is 0 Å². The van der Waals surface area contributed by atoms with Gasteiger partial charge in [0.05, 0.1) is 11.9 Å². The zero-order valence-corrected chi connectivity index (χ0v) is 11.3. The molecule has 5 N–H and O–H groups in total. The summed E-state index contributed by atoms with van der Waals surface area (Å²) in [6.07, 6.45) is 1.02. The molecule has 6 heteroatoms. The van der Waals surface area contributed by atoms with E-state index in [0.29, 0.717) is 5.71 Å². The number of nitrogens with zero attached hydrogens (tertiary/aromatic N) is 3. The smallest absolute Gasteiger partial charge is 0.157 e. The molecule has 2 aromatic carbocycles. The molecule has 0 radical (unpaired) electrons. The first-order valence-electron chi connectivity index (χ1n) is 6.56. The standard InChI is InChI=1S/C15H16N6/c16-15-14(10-18-21(15)17)20-19-13-8-4-7-12(9-13)11-5-2-1-3-6-11/h1-10,15,19H,16-17H2. The zero-order chi connectivity index (χ0) is 14.7. The van der Waals surface area contributed by atoms with Crippen molar-refractivity contribution in [1.82, 2.24) is 5.12 Å². The second-order valence-electron chi connectivity index (χ2n) is 4.66. The van der Waals surface area contributed by atoms with Gasteiger partial charge in [-0.1, -0.05) is 42.5 Å². The molecule has 0 amide bonds. The predicted molar refractivity (Wildman–Crippen MR) is 85.4 cm³/mol. The van der Waals surface area contributed by atoms with Crippen molar-refractivity contribution in [2.45, 2.75) is 6.17 Å². The van der Waals surface area contributed by atoms with Gasteiger partial charge in [0.1, 0.15) is 5.71 Å². The van der Waals surface area contributed by atoms with Gasteiger partial charge in [-0.25, -0.2) is 11.0 Å². The number of hydrazine groups is 1. The second kappa shape index (κ2) is 5.74. The molecule has 0 aliphatic carbocycles. The fourth-order valence-electron chi connectivity index (χ4n) is 2.03. The molecule has 0 aromatic heterocycles. The fourth-order valence-corrected chi connectivity index (χ4v) is 2.03. The number of rotatable bonds is 3. The van der Waals surface area contributed by atoms with Crippen molar-refractivity contribution >= 4 is 17.6 Å². The third-order valence-corrected chi connectivity index (χ3v) is 3.20. The molecule has 21 heavy (non-hydrogen) atoms. The van der Waals surface area contributed by atoms with Crippen LogP contribution in [0.2, 0.25) is 0 Å². The van der Waals surface area contributed by atoms with Gasteiger partial charge in [0.15, 0.2) is 6.17 Å². The lowest BCUT2D eigenvalue weighted by Crippen LogP contribution is -2.44.